The highest BCUT2D eigenvalue weighted by atomic mass is 28.1. The number of benzene rings is 1. The van der Waals surface area contributed by atoms with Crippen LogP contribution in [0.3, 0.4) is 0 Å². The lowest BCUT2D eigenvalue weighted by atomic mass is 10.0. The summed E-state index contributed by atoms with van der Waals surface area (Å²) in [6.45, 7) is 0.622. The van der Waals surface area contributed by atoms with Crippen LogP contribution in [-0.2, 0) is 22.5 Å². The molecule has 0 fully saturated rings. The summed E-state index contributed by atoms with van der Waals surface area (Å²) in [4.78, 5) is 11.4. The van der Waals surface area contributed by atoms with Gasteiger partial charge in [-0.05, 0) is 29.3 Å². The first-order chi connectivity index (χ1) is 8.21. The molecule has 0 aliphatic heterocycles. The van der Waals surface area contributed by atoms with E-state index in [2.05, 4.69) is 0 Å². The van der Waals surface area contributed by atoms with E-state index in [0.29, 0.717) is 19.0 Å². The molecule has 17 heavy (non-hydrogen) atoms. The molecule has 0 aromatic heterocycles. The van der Waals surface area contributed by atoms with Gasteiger partial charge in [-0.25, -0.2) is 0 Å². The van der Waals surface area contributed by atoms with E-state index in [1.54, 1.807) is 7.11 Å². The van der Waals surface area contributed by atoms with Crippen molar-refractivity contribution in [3.63, 3.8) is 0 Å². The monoisotopic (exact) mass is 253 g/mol. The standard InChI is InChI=1S/C12H19NO3Si/c1-15-8-16-12-3-2-9(4-11(14)7-17)10(5-12)6-13/h2-3,5H,4,6-8,13H2,1,17H3. The second-order valence-corrected chi connectivity index (χ2v) is 4.46. The number of ether oxygens (including phenoxy) is 2. The highest BCUT2D eigenvalue weighted by Crippen LogP contribution is 2.18. The first kappa shape index (κ1) is 13.9. The number of ketones is 1. The first-order valence-electron chi connectivity index (χ1n) is 5.66. The normalized spacial score (nSPS) is 10.5. The zero-order valence-corrected chi connectivity index (χ0v) is 12.4. The maximum atomic E-state index is 11.4. The molecule has 1 aromatic carbocycles. The molecule has 0 aliphatic rings. The van der Waals surface area contributed by atoms with Crippen LogP contribution in [0.1, 0.15) is 11.1 Å². The maximum absolute atomic E-state index is 11.4. The lowest BCUT2D eigenvalue weighted by Gasteiger charge is -2.10. The average Bonchev–Trinajstić information content (AvgIpc) is 2.37. The Balaban J connectivity index is 2.81. The molecule has 0 saturated heterocycles. The first-order valence-corrected chi connectivity index (χ1v) is 7.08. The van der Waals surface area contributed by atoms with Crippen molar-refractivity contribution in [2.45, 2.75) is 19.0 Å². The van der Waals surface area contributed by atoms with Crippen molar-refractivity contribution in [1.82, 2.24) is 0 Å². The second kappa shape index (κ2) is 7.21. The van der Waals surface area contributed by atoms with Crippen LogP contribution in [0.4, 0.5) is 0 Å². The van der Waals surface area contributed by atoms with Crippen molar-refractivity contribution >= 4 is 16.0 Å². The van der Waals surface area contributed by atoms with E-state index in [0.717, 1.165) is 27.1 Å². The van der Waals surface area contributed by atoms with Gasteiger partial charge in [-0.2, -0.15) is 0 Å². The molecule has 1 rings (SSSR count). The quantitative estimate of drug-likeness (QED) is 0.550. The minimum atomic E-state index is 0.211. The molecule has 0 spiro atoms. The number of hydrogen-bond acceptors (Lipinski definition) is 4. The molecular weight excluding hydrogens is 234 g/mol. The Bertz CT molecular complexity index is 382. The summed E-state index contributed by atoms with van der Waals surface area (Å²) in [7, 11) is 2.48. The van der Waals surface area contributed by atoms with Crippen LogP contribution in [0.5, 0.6) is 5.75 Å². The second-order valence-electron chi connectivity index (χ2n) is 3.75. The zero-order chi connectivity index (χ0) is 12.7. The fraction of sp³-hybridized carbons (Fsp3) is 0.417. The molecule has 0 saturated carbocycles. The molecule has 0 atom stereocenters. The number of Topliss-reactive ketones (excluding diaryl/α,β-unsaturated/α-hetero) is 1. The highest BCUT2D eigenvalue weighted by Gasteiger charge is 2.07. The van der Waals surface area contributed by atoms with Crippen molar-refractivity contribution in [2.75, 3.05) is 13.9 Å². The van der Waals surface area contributed by atoms with E-state index in [4.69, 9.17) is 15.2 Å². The van der Waals surface area contributed by atoms with Gasteiger partial charge in [-0.1, -0.05) is 6.07 Å². The number of methoxy groups -OCH3 is 1. The average molecular weight is 253 g/mol. The van der Waals surface area contributed by atoms with Crippen molar-refractivity contribution in [2.24, 2.45) is 5.73 Å². The Morgan fingerprint density at radius 2 is 2.18 bits per heavy atom. The molecule has 4 nitrogen and oxygen atoms in total. The largest absolute Gasteiger partial charge is 0.468 e. The summed E-state index contributed by atoms with van der Waals surface area (Å²) in [5.74, 6) is 0.992. The van der Waals surface area contributed by atoms with Gasteiger partial charge in [0.15, 0.2) is 6.79 Å². The molecule has 94 valence electrons. The SMILES string of the molecule is COCOc1ccc(CC(=O)C[SiH3])c(CN)c1. The van der Waals surface area contributed by atoms with Crippen molar-refractivity contribution in [3.8, 4) is 5.75 Å². The van der Waals surface area contributed by atoms with Gasteiger partial charge in [0.2, 0.25) is 0 Å². The number of carbonyl (C=O) groups is 1. The number of rotatable bonds is 7. The van der Waals surface area contributed by atoms with Gasteiger partial charge < -0.3 is 15.2 Å². The van der Waals surface area contributed by atoms with Crippen molar-refractivity contribution in [3.05, 3.63) is 29.3 Å². The maximum Gasteiger partial charge on any atom is 0.188 e. The minimum absolute atomic E-state index is 0.211. The lowest BCUT2D eigenvalue weighted by Crippen LogP contribution is -2.08. The van der Waals surface area contributed by atoms with Crippen molar-refractivity contribution in [1.29, 1.82) is 0 Å². The van der Waals surface area contributed by atoms with Crippen LogP contribution in [0, 0.1) is 0 Å². The van der Waals surface area contributed by atoms with Gasteiger partial charge in [-0.15, -0.1) is 0 Å². The van der Waals surface area contributed by atoms with E-state index in [1.165, 1.54) is 0 Å². The van der Waals surface area contributed by atoms with E-state index in [-0.39, 0.29) is 12.6 Å². The molecule has 2 N–H and O–H groups in total. The summed E-state index contributed by atoms with van der Waals surface area (Å²) in [5, 5.41) is 0. The third-order valence-corrected chi connectivity index (χ3v) is 3.31. The molecule has 0 heterocycles. The molecule has 0 unspecified atom stereocenters. The molecule has 0 radical (unpaired) electrons. The van der Waals surface area contributed by atoms with Crippen LogP contribution in [0.15, 0.2) is 18.2 Å². The van der Waals surface area contributed by atoms with E-state index in [9.17, 15) is 4.79 Å². The van der Waals surface area contributed by atoms with Crippen molar-refractivity contribution < 1.29 is 14.3 Å². The Morgan fingerprint density at radius 3 is 2.76 bits per heavy atom. The van der Waals surface area contributed by atoms with Gasteiger partial charge >= 0.3 is 0 Å². The van der Waals surface area contributed by atoms with Gasteiger partial charge in [0.25, 0.3) is 0 Å². The highest BCUT2D eigenvalue weighted by molar-refractivity contribution is 6.20. The summed E-state index contributed by atoms with van der Waals surface area (Å²) in [6.07, 6.45) is 0.473. The summed E-state index contributed by atoms with van der Waals surface area (Å²) < 4.78 is 10.2. The smallest absolute Gasteiger partial charge is 0.188 e. The molecule has 5 heteroatoms. The molecule has 0 aliphatic carbocycles. The lowest BCUT2D eigenvalue weighted by molar-refractivity contribution is -0.116. The van der Waals surface area contributed by atoms with Gasteiger partial charge in [0.1, 0.15) is 11.5 Å². The Hall–Kier alpha value is -1.17. The summed E-state index contributed by atoms with van der Waals surface area (Å²) in [5.41, 5.74) is 7.63. The molecule has 0 bridgehead atoms. The van der Waals surface area contributed by atoms with E-state index < -0.39 is 0 Å². The molecule has 1 aromatic rings. The predicted molar refractivity (Wildman–Crippen MR) is 70.3 cm³/mol. The summed E-state index contributed by atoms with van der Waals surface area (Å²) in [6, 6.07) is 6.30. The van der Waals surface area contributed by atoms with Gasteiger partial charge in [-0.3, -0.25) is 4.79 Å². The summed E-state index contributed by atoms with van der Waals surface area (Å²) >= 11 is 0. The Morgan fingerprint density at radius 1 is 1.41 bits per heavy atom. The Labute approximate surface area is 105 Å². The van der Waals surface area contributed by atoms with Crippen LogP contribution in [0.25, 0.3) is 0 Å². The van der Waals surface area contributed by atoms with Crippen LogP contribution in [-0.4, -0.2) is 29.9 Å². The Kier molecular flexibility index (Phi) is 5.89. The van der Waals surface area contributed by atoms with E-state index >= 15 is 0 Å². The van der Waals surface area contributed by atoms with Gasteiger partial charge in [0, 0.05) is 30.3 Å². The number of carbonyl (C=O) groups excluding carboxylic acids is 1. The van der Waals surface area contributed by atoms with Gasteiger partial charge in [0.05, 0.1) is 0 Å². The molecule has 0 amide bonds. The minimum Gasteiger partial charge on any atom is -0.468 e. The van der Waals surface area contributed by atoms with E-state index in [1.807, 2.05) is 18.2 Å². The topological polar surface area (TPSA) is 61.5 Å². The third kappa shape index (κ3) is 4.30. The van der Waals surface area contributed by atoms with Crippen LogP contribution in [0.2, 0.25) is 6.04 Å². The van der Waals surface area contributed by atoms with Crippen LogP contribution >= 0.6 is 0 Å². The third-order valence-electron chi connectivity index (χ3n) is 2.52. The number of hydrogen-bond donors (Lipinski definition) is 1. The zero-order valence-electron chi connectivity index (χ0n) is 10.4. The van der Waals surface area contributed by atoms with Crippen LogP contribution < -0.4 is 10.5 Å². The fourth-order valence-electron chi connectivity index (χ4n) is 1.52. The fourth-order valence-corrected chi connectivity index (χ4v) is 1.77. The molecular formula is C12H19NO3Si. The predicted octanol–water partition coefficient (Wildman–Crippen LogP) is 0.0233. The number of nitrogens with two attached hydrogens (primary N) is 1.